The number of hydrogen-bond donors (Lipinski definition) is 2. The molecular weight excluding hydrogens is 214 g/mol. The number of likely N-dealkylation sites (N-methyl/N-ethyl adjacent to an activating group) is 1. The number of rotatable bonds is 3. The number of carbonyl (C=O) groups is 1. The molecule has 2 aromatic rings. The summed E-state index contributed by atoms with van der Waals surface area (Å²) in [6.45, 7) is 0. The van der Waals surface area contributed by atoms with Gasteiger partial charge in [0.15, 0.2) is 0 Å². The van der Waals surface area contributed by atoms with Crippen molar-refractivity contribution in [3.63, 3.8) is 0 Å². The van der Waals surface area contributed by atoms with Gasteiger partial charge >= 0.3 is 0 Å². The first-order valence-corrected chi connectivity index (χ1v) is 5.63. The summed E-state index contributed by atoms with van der Waals surface area (Å²) < 4.78 is 2.06. The third-order valence-corrected chi connectivity index (χ3v) is 3.00. The lowest BCUT2D eigenvalue weighted by atomic mass is 10.1. The predicted molar refractivity (Wildman–Crippen MR) is 68.7 cm³/mol. The summed E-state index contributed by atoms with van der Waals surface area (Å²) in [4.78, 5) is 11.4. The number of nitrogens with one attached hydrogen (secondary N) is 1. The highest BCUT2D eigenvalue weighted by atomic mass is 16.2. The van der Waals surface area contributed by atoms with Crippen molar-refractivity contribution in [1.29, 1.82) is 0 Å². The molecule has 17 heavy (non-hydrogen) atoms. The van der Waals surface area contributed by atoms with Gasteiger partial charge in [-0.25, -0.2) is 0 Å². The fraction of sp³-hybridized carbons (Fsp3) is 0.308. The Hall–Kier alpha value is -1.81. The van der Waals surface area contributed by atoms with Gasteiger partial charge in [-0.15, -0.1) is 0 Å². The van der Waals surface area contributed by atoms with Crippen molar-refractivity contribution in [3.05, 3.63) is 36.0 Å². The molecule has 2 rings (SSSR count). The zero-order valence-electron chi connectivity index (χ0n) is 10.1. The molecule has 0 radical (unpaired) electrons. The maximum atomic E-state index is 11.4. The van der Waals surface area contributed by atoms with Crippen LogP contribution in [0.15, 0.2) is 30.5 Å². The third kappa shape index (κ3) is 2.17. The molecule has 4 heteroatoms. The zero-order chi connectivity index (χ0) is 12.4. The van der Waals surface area contributed by atoms with Gasteiger partial charge < -0.3 is 15.6 Å². The summed E-state index contributed by atoms with van der Waals surface area (Å²) in [6.07, 6.45) is 2.59. The minimum absolute atomic E-state index is 0.127. The lowest BCUT2D eigenvalue weighted by Gasteiger charge is -2.08. The van der Waals surface area contributed by atoms with Crippen molar-refractivity contribution in [2.75, 3.05) is 7.05 Å². The van der Waals surface area contributed by atoms with E-state index < -0.39 is 6.04 Å². The normalized spacial score (nSPS) is 12.6. The molecule has 0 aliphatic heterocycles. The van der Waals surface area contributed by atoms with Gasteiger partial charge in [-0.3, -0.25) is 4.79 Å². The highest BCUT2D eigenvalue weighted by Crippen LogP contribution is 2.21. The molecule has 3 N–H and O–H groups in total. The summed E-state index contributed by atoms with van der Waals surface area (Å²) in [5, 5.41) is 3.73. The summed E-state index contributed by atoms with van der Waals surface area (Å²) in [7, 11) is 3.60. The van der Waals surface area contributed by atoms with Gasteiger partial charge in [-0.2, -0.15) is 0 Å². The van der Waals surface area contributed by atoms with Crippen LogP contribution in [0.4, 0.5) is 0 Å². The molecule has 1 aromatic heterocycles. The maximum absolute atomic E-state index is 11.4. The minimum atomic E-state index is -0.495. The molecule has 0 bridgehead atoms. The minimum Gasteiger partial charge on any atom is -0.358 e. The number of hydrogen-bond acceptors (Lipinski definition) is 2. The zero-order valence-corrected chi connectivity index (χ0v) is 10.1. The molecule has 0 saturated heterocycles. The summed E-state index contributed by atoms with van der Waals surface area (Å²) in [6, 6.07) is 7.62. The number of fused-ring (bicyclic) bond motifs is 1. The molecule has 1 atom stereocenters. The van der Waals surface area contributed by atoms with Crippen molar-refractivity contribution in [3.8, 4) is 0 Å². The summed E-state index contributed by atoms with van der Waals surface area (Å²) >= 11 is 0. The van der Waals surface area contributed by atoms with E-state index in [0.29, 0.717) is 6.42 Å². The Morgan fingerprint density at radius 3 is 2.88 bits per heavy atom. The van der Waals surface area contributed by atoms with Crippen molar-refractivity contribution in [2.24, 2.45) is 12.8 Å². The van der Waals surface area contributed by atoms with Gasteiger partial charge in [0.1, 0.15) is 0 Å². The molecule has 4 nitrogen and oxygen atoms in total. The van der Waals surface area contributed by atoms with Crippen LogP contribution in [-0.2, 0) is 18.3 Å². The van der Waals surface area contributed by atoms with Crippen LogP contribution >= 0.6 is 0 Å². The Kier molecular flexibility index (Phi) is 3.15. The highest BCUT2D eigenvalue weighted by molar-refractivity contribution is 5.86. The number of benzene rings is 1. The van der Waals surface area contributed by atoms with E-state index >= 15 is 0 Å². The van der Waals surface area contributed by atoms with Crippen LogP contribution in [0.3, 0.4) is 0 Å². The second-order valence-corrected chi connectivity index (χ2v) is 4.21. The van der Waals surface area contributed by atoms with Gasteiger partial charge in [0.05, 0.1) is 6.04 Å². The number of amides is 1. The van der Waals surface area contributed by atoms with E-state index in [4.69, 9.17) is 5.73 Å². The number of aryl methyl sites for hydroxylation is 1. The van der Waals surface area contributed by atoms with Crippen LogP contribution in [0.25, 0.3) is 10.9 Å². The second-order valence-electron chi connectivity index (χ2n) is 4.21. The smallest absolute Gasteiger partial charge is 0.237 e. The van der Waals surface area contributed by atoms with Crippen LogP contribution in [-0.4, -0.2) is 23.6 Å². The fourth-order valence-electron chi connectivity index (χ4n) is 2.10. The predicted octanol–water partition coefficient (Wildman–Crippen LogP) is 0.794. The molecule has 0 unspecified atom stereocenters. The van der Waals surface area contributed by atoms with Gasteiger partial charge in [0, 0.05) is 31.2 Å². The Morgan fingerprint density at radius 2 is 2.18 bits per heavy atom. The van der Waals surface area contributed by atoms with Crippen LogP contribution in [0.2, 0.25) is 0 Å². The van der Waals surface area contributed by atoms with E-state index in [1.807, 2.05) is 25.4 Å². The first-order chi connectivity index (χ1) is 8.13. The standard InChI is InChI=1S/C13H17N3O/c1-15-13(17)11(14)7-9-8-16(2)12-6-4-3-5-10(9)12/h3-6,8,11H,7,14H2,1-2H3,(H,15,17)/t11-/m1/s1. The van der Waals surface area contributed by atoms with E-state index in [-0.39, 0.29) is 5.91 Å². The van der Waals surface area contributed by atoms with Crippen molar-refractivity contribution >= 4 is 16.8 Å². The Labute approximate surface area is 100 Å². The number of nitrogens with two attached hydrogens (primary N) is 1. The lowest BCUT2D eigenvalue weighted by Crippen LogP contribution is -2.40. The first kappa shape index (κ1) is 11.7. The lowest BCUT2D eigenvalue weighted by molar-refractivity contribution is -0.121. The molecule has 0 spiro atoms. The average molecular weight is 231 g/mol. The monoisotopic (exact) mass is 231 g/mol. The van der Waals surface area contributed by atoms with Crippen LogP contribution in [0.5, 0.6) is 0 Å². The van der Waals surface area contributed by atoms with Gasteiger partial charge in [-0.1, -0.05) is 18.2 Å². The maximum Gasteiger partial charge on any atom is 0.237 e. The molecule has 0 saturated carbocycles. The van der Waals surface area contributed by atoms with E-state index in [1.165, 1.54) is 0 Å². The van der Waals surface area contributed by atoms with Crippen LogP contribution in [0, 0.1) is 0 Å². The molecule has 1 heterocycles. The average Bonchev–Trinajstić information content (AvgIpc) is 2.66. The summed E-state index contributed by atoms with van der Waals surface area (Å²) in [5.74, 6) is -0.127. The van der Waals surface area contributed by atoms with Crippen molar-refractivity contribution in [2.45, 2.75) is 12.5 Å². The Morgan fingerprint density at radius 1 is 1.47 bits per heavy atom. The van der Waals surface area contributed by atoms with Crippen molar-refractivity contribution in [1.82, 2.24) is 9.88 Å². The van der Waals surface area contributed by atoms with Gasteiger partial charge in [-0.05, 0) is 18.1 Å². The third-order valence-electron chi connectivity index (χ3n) is 3.00. The van der Waals surface area contributed by atoms with Crippen molar-refractivity contribution < 1.29 is 4.79 Å². The molecule has 0 aliphatic carbocycles. The summed E-state index contributed by atoms with van der Waals surface area (Å²) in [5.41, 5.74) is 8.11. The van der Waals surface area contributed by atoms with E-state index in [1.54, 1.807) is 7.05 Å². The first-order valence-electron chi connectivity index (χ1n) is 5.63. The molecular formula is C13H17N3O. The number of carbonyl (C=O) groups excluding carboxylic acids is 1. The van der Waals surface area contributed by atoms with E-state index in [9.17, 15) is 4.79 Å². The van der Waals surface area contributed by atoms with Crippen LogP contribution < -0.4 is 11.1 Å². The topological polar surface area (TPSA) is 60.1 Å². The highest BCUT2D eigenvalue weighted by Gasteiger charge is 2.15. The van der Waals surface area contributed by atoms with E-state index in [2.05, 4.69) is 22.0 Å². The quantitative estimate of drug-likeness (QED) is 0.820. The second kappa shape index (κ2) is 4.59. The van der Waals surface area contributed by atoms with Crippen LogP contribution in [0.1, 0.15) is 5.56 Å². The molecule has 0 aliphatic rings. The number of para-hydroxylation sites is 1. The molecule has 1 amide bonds. The molecule has 90 valence electrons. The van der Waals surface area contributed by atoms with Gasteiger partial charge in [0.25, 0.3) is 0 Å². The number of nitrogens with zero attached hydrogens (tertiary/aromatic N) is 1. The molecule has 0 fully saturated rings. The Bertz CT molecular complexity index is 545. The number of aromatic nitrogens is 1. The fourth-order valence-corrected chi connectivity index (χ4v) is 2.10. The molecule has 1 aromatic carbocycles. The van der Waals surface area contributed by atoms with Gasteiger partial charge in [0.2, 0.25) is 5.91 Å². The SMILES string of the molecule is CNC(=O)[C@H](N)Cc1cn(C)c2ccccc12. The largest absolute Gasteiger partial charge is 0.358 e. The van der Waals surface area contributed by atoms with E-state index in [0.717, 1.165) is 16.5 Å². The Balaban J connectivity index is 2.33.